The fourth-order valence-electron chi connectivity index (χ4n) is 9.81. The third-order valence-corrected chi connectivity index (χ3v) is 11.6. The first-order valence-electron chi connectivity index (χ1n) is 12.8. The van der Waals surface area contributed by atoms with Crippen LogP contribution in [0.2, 0.25) is 0 Å². The number of carboxylic acid groups (broad SMARTS) is 1. The zero-order valence-electron chi connectivity index (χ0n) is 19.0. The summed E-state index contributed by atoms with van der Waals surface area (Å²) < 4.78 is 0. The Balaban J connectivity index is 1.40. The zero-order chi connectivity index (χ0) is 21.3. The SMILES string of the molecule is C[C@]12CCC(O)CC1CC[C@@H]1[C@H]2CC[C@@]2(C)[C@H]1CCC2(O)C1CCCC(C(=O)O)C1. The van der Waals surface area contributed by atoms with Crippen LogP contribution in [0.3, 0.4) is 0 Å². The van der Waals surface area contributed by atoms with Crippen LogP contribution >= 0.6 is 0 Å². The van der Waals surface area contributed by atoms with E-state index in [1.807, 2.05) is 0 Å². The van der Waals surface area contributed by atoms with E-state index in [1.54, 1.807) is 0 Å². The summed E-state index contributed by atoms with van der Waals surface area (Å²) in [7, 11) is 0. The maximum atomic E-state index is 12.2. The van der Waals surface area contributed by atoms with Gasteiger partial charge in [-0.25, -0.2) is 0 Å². The van der Waals surface area contributed by atoms with Gasteiger partial charge in [-0.3, -0.25) is 4.79 Å². The van der Waals surface area contributed by atoms with Crippen LogP contribution in [-0.2, 0) is 4.79 Å². The average molecular weight is 419 g/mol. The largest absolute Gasteiger partial charge is 0.481 e. The molecule has 5 aliphatic carbocycles. The Morgan fingerprint density at radius 2 is 1.60 bits per heavy atom. The Bertz CT molecular complexity index is 693. The van der Waals surface area contributed by atoms with E-state index in [9.17, 15) is 20.1 Å². The number of aliphatic carboxylic acids is 1. The van der Waals surface area contributed by atoms with Crippen molar-refractivity contribution in [3.8, 4) is 0 Å². The van der Waals surface area contributed by atoms with Gasteiger partial charge < -0.3 is 15.3 Å². The molecule has 0 saturated heterocycles. The molecule has 0 radical (unpaired) electrons. The molecule has 0 aliphatic heterocycles. The first-order valence-corrected chi connectivity index (χ1v) is 12.8. The first-order chi connectivity index (χ1) is 14.2. The van der Waals surface area contributed by atoms with Gasteiger partial charge in [0.1, 0.15) is 0 Å². The van der Waals surface area contributed by atoms with E-state index < -0.39 is 11.6 Å². The lowest BCUT2D eigenvalue weighted by atomic mass is 9.43. The lowest BCUT2D eigenvalue weighted by Crippen LogP contribution is -2.59. The Morgan fingerprint density at radius 1 is 0.833 bits per heavy atom. The van der Waals surface area contributed by atoms with Crippen molar-refractivity contribution in [3.63, 3.8) is 0 Å². The van der Waals surface area contributed by atoms with Gasteiger partial charge >= 0.3 is 5.97 Å². The first kappa shape index (κ1) is 21.2. The summed E-state index contributed by atoms with van der Waals surface area (Å²) in [4.78, 5) is 11.7. The molecule has 0 aromatic heterocycles. The van der Waals surface area contributed by atoms with Crippen LogP contribution in [-0.4, -0.2) is 33.0 Å². The van der Waals surface area contributed by atoms with Gasteiger partial charge in [0.05, 0.1) is 17.6 Å². The molecule has 30 heavy (non-hydrogen) atoms. The van der Waals surface area contributed by atoms with Gasteiger partial charge in [0.15, 0.2) is 0 Å². The van der Waals surface area contributed by atoms with Crippen molar-refractivity contribution in [2.75, 3.05) is 0 Å². The topological polar surface area (TPSA) is 77.8 Å². The summed E-state index contributed by atoms with van der Waals surface area (Å²) in [5, 5.41) is 32.0. The third-order valence-electron chi connectivity index (χ3n) is 11.6. The van der Waals surface area contributed by atoms with Gasteiger partial charge in [-0.05, 0) is 117 Å². The minimum atomic E-state index is -0.683. The van der Waals surface area contributed by atoms with Gasteiger partial charge in [-0.2, -0.15) is 0 Å². The fourth-order valence-corrected chi connectivity index (χ4v) is 9.81. The molecule has 170 valence electrons. The number of carboxylic acids is 1. The van der Waals surface area contributed by atoms with E-state index in [0.717, 1.165) is 63.7 Å². The van der Waals surface area contributed by atoms with Crippen LogP contribution in [0.4, 0.5) is 0 Å². The fraction of sp³-hybridized carbons (Fsp3) is 0.962. The molecule has 0 spiro atoms. The predicted molar refractivity (Wildman–Crippen MR) is 116 cm³/mol. The predicted octanol–water partition coefficient (Wildman–Crippen LogP) is 5.01. The molecule has 4 heteroatoms. The zero-order valence-corrected chi connectivity index (χ0v) is 19.0. The monoisotopic (exact) mass is 418 g/mol. The second-order valence-electron chi connectivity index (χ2n) is 12.4. The number of aliphatic hydroxyl groups excluding tert-OH is 1. The lowest BCUT2D eigenvalue weighted by molar-refractivity contribution is -0.181. The van der Waals surface area contributed by atoms with Crippen LogP contribution in [0.1, 0.15) is 97.3 Å². The van der Waals surface area contributed by atoms with Crippen molar-refractivity contribution in [1.29, 1.82) is 0 Å². The van der Waals surface area contributed by atoms with Gasteiger partial charge in [0.25, 0.3) is 0 Å². The number of rotatable bonds is 2. The highest BCUT2D eigenvalue weighted by Gasteiger charge is 2.66. The summed E-state index contributed by atoms with van der Waals surface area (Å²) in [5.74, 6) is 1.90. The molecule has 0 heterocycles. The molecule has 0 amide bonds. The third kappa shape index (κ3) is 2.88. The molecule has 10 atom stereocenters. The summed E-state index contributed by atoms with van der Waals surface area (Å²) in [6.45, 7) is 4.88. The highest BCUT2D eigenvalue weighted by Crippen LogP contribution is 2.70. The minimum absolute atomic E-state index is 0.0589. The van der Waals surface area contributed by atoms with Gasteiger partial charge in [0, 0.05) is 0 Å². The van der Waals surface area contributed by atoms with Crippen molar-refractivity contribution >= 4 is 5.97 Å². The second-order valence-corrected chi connectivity index (χ2v) is 12.4. The minimum Gasteiger partial charge on any atom is -0.481 e. The molecule has 4 nitrogen and oxygen atoms in total. The van der Waals surface area contributed by atoms with Crippen LogP contribution in [0, 0.1) is 46.3 Å². The molecule has 0 bridgehead atoms. The molecular formula is C26H42O4. The van der Waals surface area contributed by atoms with E-state index >= 15 is 0 Å². The number of hydrogen-bond donors (Lipinski definition) is 3. The number of carbonyl (C=O) groups is 1. The standard InChI is InChI=1S/C26H42O4/c1-24-11-8-19(27)15-17(24)6-7-20-21(24)9-12-25(2)22(20)10-13-26(25,30)18-5-3-4-16(14-18)23(28)29/h16-22,27,30H,3-15H2,1-2H3,(H,28,29)/t16?,17?,18?,19?,20-,21-,22+,24+,25+,26?/m1/s1. The maximum Gasteiger partial charge on any atom is 0.306 e. The molecule has 5 rings (SSSR count). The molecule has 5 aliphatic rings. The van der Waals surface area contributed by atoms with E-state index in [0.29, 0.717) is 29.6 Å². The van der Waals surface area contributed by atoms with Crippen molar-refractivity contribution in [2.45, 2.75) is 109 Å². The molecule has 0 aromatic carbocycles. The molecule has 3 N–H and O–H groups in total. The summed E-state index contributed by atoms with van der Waals surface area (Å²) in [6, 6.07) is 0. The second kappa shape index (κ2) is 7.20. The van der Waals surface area contributed by atoms with E-state index in [1.165, 1.54) is 19.3 Å². The van der Waals surface area contributed by atoms with Crippen molar-refractivity contribution in [2.24, 2.45) is 46.3 Å². The van der Waals surface area contributed by atoms with E-state index in [2.05, 4.69) is 13.8 Å². The normalized spacial score (nSPS) is 55.9. The molecule has 5 saturated carbocycles. The highest BCUT2D eigenvalue weighted by molar-refractivity contribution is 5.70. The Kier molecular flexibility index (Phi) is 5.10. The number of aliphatic hydroxyl groups is 2. The molecule has 5 fully saturated rings. The Hall–Kier alpha value is -0.610. The van der Waals surface area contributed by atoms with Crippen molar-refractivity contribution in [3.05, 3.63) is 0 Å². The molecule has 5 unspecified atom stereocenters. The summed E-state index contributed by atoms with van der Waals surface area (Å²) >= 11 is 0. The van der Waals surface area contributed by atoms with E-state index in [-0.39, 0.29) is 23.4 Å². The van der Waals surface area contributed by atoms with Crippen LogP contribution in [0.25, 0.3) is 0 Å². The quantitative estimate of drug-likeness (QED) is 0.589. The van der Waals surface area contributed by atoms with Gasteiger partial charge in [0.2, 0.25) is 0 Å². The van der Waals surface area contributed by atoms with E-state index in [4.69, 9.17) is 0 Å². The van der Waals surface area contributed by atoms with Crippen LogP contribution in [0.15, 0.2) is 0 Å². The van der Waals surface area contributed by atoms with Crippen LogP contribution < -0.4 is 0 Å². The smallest absolute Gasteiger partial charge is 0.306 e. The average Bonchev–Trinajstić information content (AvgIpc) is 3.01. The summed E-state index contributed by atoms with van der Waals surface area (Å²) in [5.41, 5.74) is -0.378. The van der Waals surface area contributed by atoms with Crippen molar-refractivity contribution < 1.29 is 20.1 Å². The van der Waals surface area contributed by atoms with Crippen LogP contribution in [0.5, 0.6) is 0 Å². The Morgan fingerprint density at radius 3 is 2.37 bits per heavy atom. The van der Waals surface area contributed by atoms with Gasteiger partial charge in [-0.15, -0.1) is 0 Å². The number of fused-ring (bicyclic) bond motifs is 5. The number of hydrogen-bond acceptors (Lipinski definition) is 3. The molecular weight excluding hydrogens is 376 g/mol. The highest BCUT2D eigenvalue weighted by atomic mass is 16.4. The summed E-state index contributed by atoms with van der Waals surface area (Å²) in [6.07, 6.45) is 13.2. The maximum absolute atomic E-state index is 12.2. The Labute approximate surface area is 181 Å². The molecule has 0 aromatic rings. The lowest BCUT2D eigenvalue weighted by Gasteiger charge is -2.62. The van der Waals surface area contributed by atoms with Crippen molar-refractivity contribution in [1.82, 2.24) is 0 Å². The van der Waals surface area contributed by atoms with Gasteiger partial charge in [-0.1, -0.05) is 20.3 Å².